The fourth-order valence-corrected chi connectivity index (χ4v) is 2.32. The molecule has 2 heterocycles. The number of nitrogens with one attached hydrogen (secondary N) is 1. The molecule has 20 heavy (non-hydrogen) atoms. The van der Waals surface area contributed by atoms with Crippen molar-refractivity contribution in [3.8, 4) is 0 Å². The van der Waals surface area contributed by atoms with Gasteiger partial charge in [0, 0.05) is 19.6 Å². The van der Waals surface area contributed by atoms with Crippen LogP contribution in [0.15, 0.2) is 30.7 Å². The molecule has 0 bridgehead atoms. The highest BCUT2D eigenvalue weighted by Crippen LogP contribution is 2.20. The van der Waals surface area contributed by atoms with Gasteiger partial charge in [-0.05, 0) is 17.7 Å². The Balaban J connectivity index is 1.80. The summed E-state index contributed by atoms with van der Waals surface area (Å²) in [6, 6.07) is 3.92. The van der Waals surface area contributed by atoms with Gasteiger partial charge in [0.2, 0.25) is 0 Å². The van der Waals surface area contributed by atoms with E-state index in [1.807, 2.05) is 4.57 Å². The van der Waals surface area contributed by atoms with Gasteiger partial charge >= 0.3 is 0 Å². The predicted molar refractivity (Wildman–Crippen MR) is 69.2 cm³/mol. The SMILES string of the molecule is Fc1ccc(Cn2cncc2C2CNCCO2)cc1F. The molecule has 1 saturated heterocycles. The van der Waals surface area contributed by atoms with E-state index >= 15 is 0 Å². The third-order valence-corrected chi connectivity index (χ3v) is 3.34. The first-order chi connectivity index (χ1) is 9.74. The van der Waals surface area contributed by atoms with E-state index in [-0.39, 0.29) is 6.10 Å². The molecular weight excluding hydrogens is 264 g/mol. The Morgan fingerprint density at radius 1 is 1.35 bits per heavy atom. The molecule has 0 radical (unpaired) electrons. The van der Waals surface area contributed by atoms with Crippen LogP contribution < -0.4 is 5.32 Å². The van der Waals surface area contributed by atoms with Crippen molar-refractivity contribution >= 4 is 0 Å². The largest absolute Gasteiger partial charge is 0.369 e. The second-order valence-corrected chi connectivity index (χ2v) is 4.76. The van der Waals surface area contributed by atoms with Gasteiger partial charge in [-0.25, -0.2) is 13.8 Å². The van der Waals surface area contributed by atoms with Crippen molar-refractivity contribution in [1.82, 2.24) is 14.9 Å². The van der Waals surface area contributed by atoms with E-state index in [1.165, 1.54) is 6.07 Å². The monoisotopic (exact) mass is 279 g/mol. The van der Waals surface area contributed by atoms with Gasteiger partial charge in [0.25, 0.3) is 0 Å². The fraction of sp³-hybridized carbons (Fsp3) is 0.357. The van der Waals surface area contributed by atoms with E-state index in [0.717, 1.165) is 24.8 Å². The molecule has 4 nitrogen and oxygen atoms in total. The average Bonchev–Trinajstić information content (AvgIpc) is 2.92. The van der Waals surface area contributed by atoms with E-state index in [4.69, 9.17) is 4.74 Å². The highest BCUT2D eigenvalue weighted by atomic mass is 19.2. The maximum Gasteiger partial charge on any atom is 0.159 e. The number of rotatable bonds is 3. The first-order valence-electron chi connectivity index (χ1n) is 6.50. The molecule has 1 fully saturated rings. The molecule has 106 valence electrons. The molecular formula is C14H15F2N3O. The van der Waals surface area contributed by atoms with Gasteiger partial charge in [0.15, 0.2) is 11.6 Å². The molecule has 1 unspecified atom stereocenters. The number of aromatic nitrogens is 2. The molecule has 1 N–H and O–H groups in total. The average molecular weight is 279 g/mol. The summed E-state index contributed by atoms with van der Waals surface area (Å²) in [6.07, 6.45) is 3.36. The maximum atomic E-state index is 13.2. The van der Waals surface area contributed by atoms with Crippen LogP contribution in [0, 0.1) is 11.6 Å². The lowest BCUT2D eigenvalue weighted by molar-refractivity contribution is 0.0230. The van der Waals surface area contributed by atoms with Crippen LogP contribution in [-0.4, -0.2) is 29.2 Å². The lowest BCUT2D eigenvalue weighted by Crippen LogP contribution is -2.34. The molecule has 1 aromatic carbocycles. The molecule has 0 aliphatic carbocycles. The quantitative estimate of drug-likeness (QED) is 0.932. The zero-order chi connectivity index (χ0) is 13.9. The van der Waals surface area contributed by atoms with Gasteiger partial charge in [0.05, 0.1) is 24.8 Å². The van der Waals surface area contributed by atoms with Crippen molar-refractivity contribution in [1.29, 1.82) is 0 Å². The number of halogens is 2. The molecule has 1 aliphatic rings. The normalized spacial score (nSPS) is 19.2. The molecule has 2 aromatic rings. The minimum absolute atomic E-state index is 0.0588. The highest BCUT2D eigenvalue weighted by Gasteiger charge is 2.19. The number of hydrogen-bond acceptors (Lipinski definition) is 3. The van der Waals surface area contributed by atoms with Gasteiger partial charge in [0.1, 0.15) is 6.10 Å². The van der Waals surface area contributed by atoms with Crippen molar-refractivity contribution in [2.45, 2.75) is 12.6 Å². The molecule has 6 heteroatoms. The Morgan fingerprint density at radius 3 is 3.00 bits per heavy atom. The number of hydrogen-bond donors (Lipinski definition) is 1. The number of nitrogens with zero attached hydrogens (tertiary/aromatic N) is 2. The van der Waals surface area contributed by atoms with Gasteiger partial charge in [-0.15, -0.1) is 0 Å². The standard InChI is InChI=1S/C14H15F2N3O/c15-11-2-1-10(5-12(11)16)8-19-9-18-6-13(19)14-7-17-3-4-20-14/h1-2,5-6,9,14,17H,3-4,7-8H2. The molecule has 0 spiro atoms. The van der Waals surface area contributed by atoms with Crippen molar-refractivity contribution in [3.05, 3.63) is 53.6 Å². The molecule has 1 atom stereocenters. The summed E-state index contributed by atoms with van der Waals surface area (Å²) >= 11 is 0. The summed E-state index contributed by atoms with van der Waals surface area (Å²) < 4.78 is 33.7. The topological polar surface area (TPSA) is 39.1 Å². The van der Waals surface area contributed by atoms with Crippen LogP contribution in [0.3, 0.4) is 0 Å². The van der Waals surface area contributed by atoms with E-state index in [9.17, 15) is 8.78 Å². The third kappa shape index (κ3) is 2.71. The fourth-order valence-electron chi connectivity index (χ4n) is 2.32. The number of imidazole rings is 1. The van der Waals surface area contributed by atoms with Crippen LogP contribution in [0.25, 0.3) is 0 Å². The van der Waals surface area contributed by atoms with Crippen LogP contribution >= 0.6 is 0 Å². The minimum Gasteiger partial charge on any atom is -0.369 e. The summed E-state index contributed by atoms with van der Waals surface area (Å²) in [7, 11) is 0. The number of benzene rings is 1. The zero-order valence-corrected chi connectivity index (χ0v) is 10.9. The first-order valence-corrected chi connectivity index (χ1v) is 6.50. The predicted octanol–water partition coefficient (Wildman–Crippen LogP) is 1.87. The van der Waals surface area contributed by atoms with E-state index < -0.39 is 11.6 Å². The Morgan fingerprint density at radius 2 is 2.25 bits per heavy atom. The molecule has 1 aromatic heterocycles. The minimum atomic E-state index is -0.834. The van der Waals surface area contributed by atoms with Crippen LogP contribution in [0.4, 0.5) is 8.78 Å². The summed E-state index contributed by atoms with van der Waals surface area (Å²) in [6.45, 7) is 2.66. The highest BCUT2D eigenvalue weighted by molar-refractivity contribution is 5.19. The number of morpholine rings is 1. The number of ether oxygens (including phenoxy) is 1. The Labute approximate surface area is 115 Å². The second-order valence-electron chi connectivity index (χ2n) is 4.76. The van der Waals surface area contributed by atoms with Crippen LogP contribution in [-0.2, 0) is 11.3 Å². The van der Waals surface area contributed by atoms with Gasteiger partial charge in [-0.2, -0.15) is 0 Å². The van der Waals surface area contributed by atoms with E-state index in [1.54, 1.807) is 18.6 Å². The van der Waals surface area contributed by atoms with Crippen molar-refractivity contribution in [2.24, 2.45) is 0 Å². The van der Waals surface area contributed by atoms with Crippen molar-refractivity contribution in [2.75, 3.05) is 19.7 Å². The molecule has 0 saturated carbocycles. The van der Waals surface area contributed by atoms with E-state index in [0.29, 0.717) is 18.7 Å². The summed E-state index contributed by atoms with van der Waals surface area (Å²) in [5.41, 5.74) is 1.62. The lowest BCUT2D eigenvalue weighted by atomic mass is 10.2. The zero-order valence-electron chi connectivity index (χ0n) is 10.9. The van der Waals surface area contributed by atoms with Crippen LogP contribution in [0.5, 0.6) is 0 Å². The van der Waals surface area contributed by atoms with Crippen LogP contribution in [0.1, 0.15) is 17.4 Å². The Hall–Kier alpha value is -1.79. The Kier molecular flexibility index (Phi) is 3.75. The third-order valence-electron chi connectivity index (χ3n) is 3.34. The van der Waals surface area contributed by atoms with Gasteiger partial charge in [-0.3, -0.25) is 0 Å². The Bertz CT molecular complexity index is 594. The maximum absolute atomic E-state index is 13.2. The smallest absolute Gasteiger partial charge is 0.159 e. The van der Waals surface area contributed by atoms with Crippen molar-refractivity contribution < 1.29 is 13.5 Å². The molecule has 0 amide bonds. The van der Waals surface area contributed by atoms with Gasteiger partial charge < -0.3 is 14.6 Å². The molecule has 1 aliphatic heterocycles. The summed E-state index contributed by atoms with van der Waals surface area (Å²) in [5.74, 6) is -1.67. The summed E-state index contributed by atoms with van der Waals surface area (Å²) in [4.78, 5) is 4.12. The van der Waals surface area contributed by atoms with Gasteiger partial charge in [-0.1, -0.05) is 6.07 Å². The first kappa shape index (κ1) is 13.2. The summed E-state index contributed by atoms with van der Waals surface area (Å²) in [5, 5.41) is 3.26. The molecule has 3 rings (SSSR count). The second kappa shape index (κ2) is 5.68. The van der Waals surface area contributed by atoms with Crippen molar-refractivity contribution in [3.63, 3.8) is 0 Å². The van der Waals surface area contributed by atoms with E-state index in [2.05, 4.69) is 10.3 Å². The van der Waals surface area contributed by atoms with Crippen LogP contribution in [0.2, 0.25) is 0 Å². The lowest BCUT2D eigenvalue weighted by Gasteiger charge is -2.24.